The van der Waals surface area contributed by atoms with Crippen molar-refractivity contribution in [3.05, 3.63) is 23.5 Å². The summed E-state index contributed by atoms with van der Waals surface area (Å²) in [5, 5.41) is 0. The van der Waals surface area contributed by atoms with Crippen molar-refractivity contribution in [3.63, 3.8) is 0 Å². The molecular formula is C12H14FNO2. The van der Waals surface area contributed by atoms with Crippen molar-refractivity contribution in [2.24, 2.45) is 5.73 Å². The first-order valence-electron chi connectivity index (χ1n) is 5.55. The Morgan fingerprint density at radius 3 is 2.75 bits per heavy atom. The van der Waals surface area contributed by atoms with E-state index in [9.17, 15) is 4.39 Å². The topological polar surface area (TPSA) is 44.5 Å². The molecule has 86 valence electrons. The molecule has 0 saturated heterocycles. The molecule has 0 bridgehead atoms. The molecule has 1 fully saturated rings. The fraction of sp³-hybridized carbons (Fsp3) is 0.500. The number of ether oxygens (including phenoxy) is 2. The van der Waals surface area contributed by atoms with Crippen LogP contribution in [0.15, 0.2) is 12.1 Å². The summed E-state index contributed by atoms with van der Waals surface area (Å²) in [6, 6.07) is 3.06. The molecule has 0 atom stereocenters. The van der Waals surface area contributed by atoms with Gasteiger partial charge in [-0.05, 0) is 25.0 Å². The quantitative estimate of drug-likeness (QED) is 0.833. The molecule has 0 spiro atoms. The van der Waals surface area contributed by atoms with Crippen molar-refractivity contribution < 1.29 is 13.9 Å². The van der Waals surface area contributed by atoms with E-state index in [0.717, 1.165) is 19.3 Å². The second-order valence-corrected chi connectivity index (χ2v) is 4.49. The second kappa shape index (κ2) is 3.35. The molecule has 1 aromatic carbocycles. The number of fused-ring (bicyclic) bond motifs is 1. The van der Waals surface area contributed by atoms with Crippen LogP contribution >= 0.6 is 0 Å². The Bertz CT molecular complexity index is 424. The fourth-order valence-corrected chi connectivity index (χ4v) is 2.60. The van der Waals surface area contributed by atoms with Gasteiger partial charge < -0.3 is 15.2 Å². The van der Waals surface area contributed by atoms with Gasteiger partial charge in [-0.2, -0.15) is 0 Å². The summed E-state index contributed by atoms with van der Waals surface area (Å²) in [5.41, 5.74) is 6.19. The Kier molecular flexibility index (Phi) is 2.07. The standard InChI is InChI=1S/C12H14FNO2/c13-8-2-3-9-11(16-7-15-9)10(8)12(6-14)4-1-5-12/h2-3H,1,4-7,14H2. The summed E-state index contributed by atoms with van der Waals surface area (Å²) < 4.78 is 24.6. The van der Waals surface area contributed by atoms with Crippen LogP contribution in [0.4, 0.5) is 4.39 Å². The molecule has 16 heavy (non-hydrogen) atoms. The zero-order valence-corrected chi connectivity index (χ0v) is 8.96. The van der Waals surface area contributed by atoms with E-state index in [-0.39, 0.29) is 18.0 Å². The lowest BCUT2D eigenvalue weighted by Gasteiger charge is -2.41. The van der Waals surface area contributed by atoms with Crippen molar-refractivity contribution in [2.75, 3.05) is 13.3 Å². The molecule has 2 N–H and O–H groups in total. The van der Waals surface area contributed by atoms with Crippen LogP contribution in [-0.4, -0.2) is 13.3 Å². The average Bonchev–Trinajstić information content (AvgIpc) is 2.68. The van der Waals surface area contributed by atoms with Gasteiger partial charge in [-0.15, -0.1) is 0 Å². The molecule has 0 amide bonds. The molecule has 2 aliphatic rings. The first kappa shape index (κ1) is 9.90. The van der Waals surface area contributed by atoms with Gasteiger partial charge >= 0.3 is 0 Å². The van der Waals surface area contributed by atoms with Gasteiger partial charge in [0.05, 0.1) is 0 Å². The molecule has 1 heterocycles. The van der Waals surface area contributed by atoms with Crippen LogP contribution < -0.4 is 15.2 Å². The van der Waals surface area contributed by atoms with Crippen LogP contribution in [0.3, 0.4) is 0 Å². The molecule has 1 saturated carbocycles. The number of hydrogen-bond donors (Lipinski definition) is 1. The van der Waals surface area contributed by atoms with Crippen LogP contribution in [0.5, 0.6) is 11.5 Å². The van der Waals surface area contributed by atoms with E-state index in [4.69, 9.17) is 15.2 Å². The van der Waals surface area contributed by atoms with Crippen LogP contribution in [0.2, 0.25) is 0 Å². The highest BCUT2D eigenvalue weighted by atomic mass is 19.1. The summed E-state index contributed by atoms with van der Waals surface area (Å²) >= 11 is 0. The third-order valence-electron chi connectivity index (χ3n) is 3.72. The summed E-state index contributed by atoms with van der Waals surface area (Å²) in [5.74, 6) is 0.968. The first-order chi connectivity index (χ1) is 7.77. The molecule has 3 rings (SSSR count). The summed E-state index contributed by atoms with van der Waals surface area (Å²) in [4.78, 5) is 0. The average molecular weight is 223 g/mol. The fourth-order valence-electron chi connectivity index (χ4n) is 2.60. The molecular weight excluding hydrogens is 209 g/mol. The van der Waals surface area contributed by atoms with Gasteiger partial charge in [-0.1, -0.05) is 6.42 Å². The summed E-state index contributed by atoms with van der Waals surface area (Å²) in [6.45, 7) is 0.635. The van der Waals surface area contributed by atoms with Gasteiger partial charge in [-0.3, -0.25) is 0 Å². The second-order valence-electron chi connectivity index (χ2n) is 4.49. The smallest absolute Gasteiger partial charge is 0.231 e. The zero-order chi connectivity index (χ0) is 11.2. The lowest BCUT2D eigenvalue weighted by molar-refractivity contribution is 0.167. The van der Waals surface area contributed by atoms with Crippen molar-refractivity contribution in [3.8, 4) is 11.5 Å². The van der Waals surface area contributed by atoms with Crippen molar-refractivity contribution in [2.45, 2.75) is 24.7 Å². The van der Waals surface area contributed by atoms with E-state index in [1.54, 1.807) is 6.07 Å². The van der Waals surface area contributed by atoms with Crippen molar-refractivity contribution in [1.82, 2.24) is 0 Å². The third-order valence-corrected chi connectivity index (χ3v) is 3.72. The van der Waals surface area contributed by atoms with Crippen LogP contribution in [-0.2, 0) is 5.41 Å². The normalized spacial score (nSPS) is 20.6. The van der Waals surface area contributed by atoms with Crippen molar-refractivity contribution >= 4 is 0 Å². The van der Waals surface area contributed by atoms with Gasteiger partial charge in [0.1, 0.15) is 5.82 Å². The highest BCUT2D eigenvalue weighted by Gasteiger charge is 2.43. The number of nitrogens with two attached hydrogens (primary N) is 1. The molecule has 0 radical (unpaired) electrons. The summed E-state index contributed by atoms with van der Waals surface area (Å²) in [7, 11) is 0. The molecule has 1 aromatic rings. The van der Waals surface area contributed by atoms with E-state index in [1.165, 1.54) is 6.07 Å². The Morgan fingerprint density at radius 1 is 1.31 bits per heavy atom. The van der Waals surface area contributed by atoms with Gasteiger partial charge in [-0.25, -0.2) is 4.39 Å². The SMILES string of the molecule is NCC1(c2c(F)ccc3c2OCO3)CCC1. The number of halogens is 1. The lowest BCUT2D eigenvalue weighted by atomic mass is 9.64. The van der Waals surface area contributed by atoms with E-state index >= 15 is 0 Å². The summed E-state index contributed by atoms with van der Waals surface area (Å²) in [6.07, 6.45) is 2.96. The molecule has 4 heteroatoms. The highest BCUT2D eigenvalue weighted by Crippen LogP contribution is 2.51. The van der Waals surface area contributed by atoms with Gasteiger partial charge in [0.2, 0.25) is 6.79 Å². The minimum Gasteiger partial charge on any atom is -0.454 e. The van der Waals surface area contributed by atoms with Gasteiger partial charge in [0.25, 0.3) is 0 Å². The maximum atomic E-state index is 14.0. The largest absolute Gasteiger partial charge is 0.454 e. The number of hydrogen-bond acceptors (Lipinski definition) is 3. The zero-order valence-electron chi connectivity index (χ0n) is 8.96. The predicted molar refractivity (Wildman–Crippen MR) is 57.1 cm³/mol. The van der Waals surface area contributed by atoms with Crippen molar-refractivity contribution in [1.29, 1.82) is 0 Å². The van der Waals surface area contributed by atoms with E-state index in [2.05, 4.69) is 0 Å². The minimum atomic E-state index is -0.233. The molecule has 1 aliphatic carbocycles. The molecule has 0 unspecified atom stereocenters. The monoisotopic (exact) mass is 223 g/mol. The van der Waals surface area contributed by atoms with E-state index in [0.29, 0.717) is 23.6 Å². The first-order valence-corrected chi connectivity index (χ1v) is 5.55. The van der Waals surface area contributed by atoms with Crippen LogP contribution in [0.1, 0.15) is 24.8 Å². The maximum Gasteiger partial charge on any atom is 0.231 e. The lowest BCUT2D eigenvalue weighted by Crippen LogP contribution is -2.42. The Morgan fingerprint density at radius 2 is 2.12 bits per heavy atom. The minimum absolute atomic E-state index is 0.173. The predicted octanol–water partition coefficient (Wildman–Crippen LogP) is 1.93. The highest BCUT2D eigenvalue weighted by molar-refractivity contribution is 5.53. The number of rotatable bonds is 2. The Hall–Kier alpha value is -1.29. The van der Waals surface area contributed by atoms with E-state index in [1.807, 2.05) is 0 Å². The molecule has 0 aromatic heterocycles. The molecule has 3 nitrogen and oxygen atoms in total. The van der Waals surface area contributed by atoms with E-state index < -0.39 is 0 Å². The maximum absolute atomic E-state index is 14.0. The van der Waals surface area contributed by atoms with Gasteiger partial charge in [0, 0.05) is 17.5 Å². The third kappa shape index (κ3) is 1.16. The Balaban J connectivity index is 2.15. The Labute approximate surface area is 93.3 Å². The van der Waals surface area contributed by atoms with Gasteiger partial charge in [0.15, 0.2) is 11.5 Å². The van der Waals surface area contributed by atoms with Crippen LogP contribution in [0.25, 0.3) is 0 Å². The molecule has 1 aliphatic heterocycles. The van der Waals surface area contributed by atoms with Crippen LogP contribution in [0, 0.1) is 5.82 Å². The number of benzene rings is 1.